The van der Waals surface area contributed by atoms with Crippen LogP contribution >= 0.6 is 0 Å². The zero-order valence-electron chi connectivity index (χ0n) is 18.5. The van der Waals surface area contributed by atoms with Crippen LogP contribution in [0.25, 0.3) is 0 Å². The Morgan fingerprint density at radius 1 is 1.23 bits per heavy atom. The molecule has 3 aliphatic carbocycles. The molecule has 0 heterocycles. The van der Waals surface area contributed by atoms with E-state index in [2.05, 4.69) is 0 Å². The number of ether oxygens (including phenoxy) is 1. The summed E-state index contributed by atoms with van der Waals surface area (Å²) in [6.07, 6.45) is 1.45. The third-order valence-electron chi connectivity index (χ3n) is 8.75. The number of esters is 1. The van der Waals surface area contributed by atoms with Crippen molar-refractivity contribution >= 4 is 17.5 Å². The number of hydrogen-bond acceptors (Lipinski definition) is 6. The number of rotatable bonds is 6. The normalized spacial score (nSPS) is 45.6. The number of aliphatic hydroxyl groups is 2. The molecule has 3 fully saturated rings. The molecule has 3 rings (SSSR count). The Bertz CT molecular complexity index is 739. The summed E-state index contributed by atoms with van der Waals surface area (Å²) in [6.45, 7) is 6.02. The van der Waals surface area contributed by atoms with Crippen LogP contribution in [0.2, 0.25) is 0 Å². The molecule has 0 aromatic heterocycles. The van der Waals surface area contributed by atoms with Crippen molar-refractivity contribution in [2.75, 3.05) is 6.61 Å². The molecule has 30 heavy (non-hydrogen) atoms. The van der Waals surface area contributed by atoms with Gasteiger partial charge in [-0.3, -0.25) is 14.4 Å². The third kappa shape index (κ3) is 2.99. The van der Waals surface area contributed by atoms with Gasteiger partial charge in [0, 0.05) is 24.7 Å². The van der Waals surface area contributed by atoms with E-state index >= 15 is 4.39 Å². The quantitative estimate of drug-likeness (QED) is 0.634. The standard InChI is InChI=1S/C23H35FO6/c1-5-6-10-20(3)17(26)8-7-16-15-9-11-22(29,19(28)13-30-14(2)25)21(15,4)12-18(27)23(16,20)24/h15-16,18,27,29H,5-13H2,1-4H3/t15-,16-,18-,20-,21-,22-,23-/m0/s1. The van der Waals surface area contributed by atoms with E-state index in [9.17, 15) is 24.6 Å². The summed E-state index contributed by atoms with van der Waals surface area (Å²) in [4.78, 5) is 36.8. The molecule has 7 heteroatoms. The largest absolute Gasteiger partial charge is 0.458 e. The molecule has 0 radical (unpaired) electrons. The van der Waals surface area contributed by atoms with Gasteiger partial charge in [0.25, 0.3) is 0 Å². The lowest BCUT2D eigenvalue weighted by Gasteiger charge is -2.61. The zero-order chi connectivity index (χ0) is 22.5. The van der Waals surface area contributed by atoms with Crippen LogP contribution in [0, 0.1) is 22.7 Å². The molecule has 3 aliphatic rings. The molecule has 0 aromatic rings. The molecule has 0 aromatic carbocycles. The van der Waals surface area contributed by atoms with Gasteiger partial charge in [-0.15, -0.1) is 0 Å². The van der Waals surface area contributed by atoms with Crippen molar-refractivity contribution in [1.29, 1.82) is 0 Å². The Labute approximate surface area is 177 Å². The number of unbranched alkanes of at least 4 members (excludes halogenated alkanes) is 1. The highest BCUT2D eigenvalue weighted by Gasteiger charge is 2.74. The molecule has 0 spiro atoms. The maximum atomic E-state index is 16.8. The maximum Gasteiger partial charge on any atom is 0.303 e. The second-order valence-electron chi connectivity index (χ2n) is 10.1. The molecular formula is C23H35FO6. The van der Waals surface area contributed by atoms with Gasteiger partial charge < -0.3 is 14.9 Å². The van der Waals surface area contributed by atoms with E-state index < -0.39 is 52.5 Å². The minimum atomic E-state index is -2.08. The Morgan fingerprint density at radius 2 is 1.90 bits per heavy atom. The number of Topliss-reactive ketones (excluding diaryl/α,β-unsaturated/α-hetero) is 2. The Kier molecular flexibility index (Phi) is 5.96. The van der Waals surface area contributed by atoms with Crippen molar-refractivity contribution in [3.63, 3.8) is 0 Å². The lowest BCUT2D eigenvalue weighted by molar-refractivity contribution is -0.232. The number of carbonyl (C=O) groups excluding carboxylic acids is 3. The first-order valence-corrected chi connectivity index (χ1v) is 11.2. The number of hydrogen-bond donors (Lipinski definition) is 2. The molecule has 0 aliphatic heterocycles. The third-order valence-corrected chi connectivity index (χ3v) is 8.75. The van der Waals surface area contributed by atoms with Gasteiger partial charge in [0.15, 0.2) is 12.3 Å². The van der Waals surface area contributed by atoms with Gasteiger partial charge in [-0.2, -0.15) is 0 Å². The first kappa shape index (κ1) is 23.3. The Hall–Kier alpha value is -1.34. The predicted molar refractivity (Wildman–Crippen MR) is 107 cm³/mol. The van der Waals surface area contributed by atoms with Crippen molar-refractivity contribution in [2.24, 2.45) is 22.7 Å². The molecule has 2 N–H and O–H groups in total. The van der Waals surface area contributed by atoms with Crippen LogP contribution in [-0.2, 0) is 19.1 Å². The number of ketones is 2. The fourth-order valence-electron chi connectivity index (χ4n) is 6.90. The first-order valence-electron chi connectivity index (χ1n) is 11.2. The van der Waals surface area contributed by atoms with Crippen LogP contribution in [-0.4, -0.2) is 51.7 Å². The van der Waals surface area contributed by atoms with Crippen LogP contribution in [0.5, 0.6) is 0 Å². The fourth-order valence-corrected chi connectivity index (χ4v) is 6.90. The SMILES string of the molecule is CCCC[C@@]1(C)C(=O)CC[C@H]2[C@@H]3CC[C@](O)(C(=O)COC(C)=O)[C@@]3(C)C[C@H](O)[C@@]21F. The van der Waals surface area contributed by atoms with Gasteiger partial charge >= 0.3 is 5.97 Å². The highest BCUT2D eigenvalue weighted by Crippen LogP contribution is 2.68. The van der Waals surface area contributed by atoms with E-state index in [-0.39, 0.29) is 31.0 Å². The van der Waals surface area contributed by atoms with Gasteiger partial charge in [-0.05, 0) is 44.9 Å². The van der Waals surface area contributed by atoms with Gasteiger partial charge in [-0.1, -0.05) is 26.7 Å². The van der Waals surface area contributed by atoms with Gasteiger partial charge in [-0.25, -0.2) is 4.39 Å². The van der Waals surface area contributed by atoms with Crippen molar-refractivity contribution in [1.82, 2.24) is 0 Å². The Balaban J connectivity index is 1.98. The zero-order valence-corrected chi connectivity index (χ0v) is 18.5. The van der Waals surface area contributed by atoms with E-state index in [1.54, 1.807) is 13.8 Å². The second-order valence-corrected chi connectivity index (χ2v) is 10.1. The van der Waals surface area contributed by atoms with Crippen molar-refractivity contribution in [3.8, 4) is 0 Å². The van der Waals surface area contributed by atoms with E-state index in [0.717, 1.165) is 6.42 Å². The number of halogens is 1. The van der Waals surface area contributed by atoms with Gasteiger partial charge in [0.2, 0.25) is 5.78 Å². The topological polar surface area (TPSA) is 101 Å². The molecule has 0 bridgehead atoms. The number of alkyl halides is 1. The lowest BCUT2D eigenvalue weighted by atomic mass is 9.45. The molecule has 0 amide bonds. The van der Waals surface area contributed by atoms with E-state index in [0.29, 0.717) is 25.7 Å². The van der Waals surface area contributed by atoms with Crippen LogP contribution in [0.1, 0.15) is 79.1 Å². The smallest absolute Gasteiger partial charge is 0.303 e. The second kappa shape index (κ2) is 7.66. The Morgan fingerprint density at radius 3 is 2.50 bits per heavy atom. The highest BCUT2D eigenvalue weighted by atomic mass is 19.1. The van der Waals surface area contributed by atoms with Crippen LogP contribution in [0.3, 0.4) is 0 Å². The lowest BCUT2D eigenvalue weighted by Crippen LogP contribution is -2.70. The maximum absolute atomic E-state index is 16.8. The van der Waals surface area contributed by atoms with Gasteiger partial charge in [0.1, 0.15) is 11.4 Å². The summed E-state index contributed by atoms with van der Waals surface area (Å²) < 4.78 is 21.7. The predicted octanol–water partition coefficient (Wildman–Crippen LogP) is 2.91. The van der Waals surface area contributed by atoms with E-state index in [1.807, 2.05) is 6.92 Å². The molecule has 3 saturated carbocycles. The minimum absolute atomic E-state index is 0.109. The monoisotopic (exact) mass is 426 g/mol. The fraction of sp³-hybridized carbons (Fsp3) is 0.870. The molecule has 0 saturated heterocycles. The van der Waals surface area contributed by atoms with Crippen LogP contribution < -0.4 is 0 Å². The first-order chi connectivity index (χ1) is 13.9. The number of carbonyl (C=O) groups is 3. The number of aliphatic hydroxyl groups excluding tert-OH is 1. The van der Waals surface area contributed by atoms with E-state index in [1.165, 1.54) is 6.92 Å². The molecular weight excluding hydrogens is 391 g/mol. The summed E-state index contributed by atoms with van der Waals surface area (Å²) in [5.41, 5.74) is -6.19. The average Bonchev–Trinajstić information content (AvgIpc) is 2.94. The van der Waals surface area contributed by atoms with Gasteiger partial charge in [0.05, 0.1) is 11.5 Å². The average molecular weight is 427 g/mol. The molecule has 170 valence electrons. The summed E-state index contributed by atoms with van der Waals surface area (Å²) in [6, 6.07) is 0. The molecule has 6 nitrogen and oxygen atoms in total. The summed E-state index contributed by atoms with van der Waals surface area (Å²) in [5, 5.41) is 22.5. The minimum Gasteiger partial charge on any atom is -0.458 e. The van der Waals surface area contributed by atoms with Crippen molar-refractivity contribution in [2.45, 2.75) is 96.4 Å². The van der Waals surface area contributed by atoms with Crippen molar-refractivity contribution in [3.05, 3.63) is 0 Å². The summed E-state index contributed by atoms with van der Waals surface area (Å²) in [7, 11) is 0. The summed E-state index contributed by atoms with van der Waals surface area (Å²) >= 11 is 0. The van der Waals surface area contributed by atoms with Crippen LogP contribution in [0.15, 0.2) is 0 Å². The van der Waals surface area contributed by atoms with Crippen LogP contribution in [0.4, 0.5) is 4.39 Å². The van der Waals surface area contributed by atoms with Crippen molar-refractivity contribution < 1.29 is 33.7 Å². The van der Waals surface area contributed by atoms with E-state index in [4.69, 9.17) is 4.74 Å². The highest BCUT2D eigenvalue weighted by molar-refractivity contribution is 5.91. The molecule has 7 atom stereocenters. The number of fused-ring (bicyclic) bond motifs is 3. The summed E-state index contributed by atoms with van der Waals surface area (Å²) in [5.74, 6) is -2.32. The molecule has 0 unspecified atom stereocenters.